The molecule has 0 N–H and O–H groups in total. The lowest BCUT2D eigenvalue weighted by molar-refractivity contribution is 0.168. The molecular weight excluding hydrogens is 182 g/mol. The van der Waals surface area contributed by atoms with Crippen LogP contribution < -0.4 is 0 Å². The predicted molar refractivity (Wildman–Crippen MR) is 55.3 cm³/mol. The number of hydrogen-bond acceptors (Lipinski definition) is 2. The molecule has 0 saturated carbocycles. The summed E-state index contributed by atoms with van der Waals surface area (Å²) >= 11 is 0. The van der Waals surface area contributed by atoms with Crippen LogP contribution in [0.2, 0.25) is 18.1 Å². The second kappa shape index (κ2) is 3.01. The van der Waals surface area contributed by atoms with Gasteiger partial charge in [0.25, 0.3) is 0 Å². The molecule has 1 rings (SSSR count). The zero-order chi connectivity index (χ0) is 10.3. The van der Waals surface area contributed by atoms with Gasteiger partial charge >= 0.3 is 6.09 Å². The summed E-state index contributed by atoms with van der Waals surface area (Å²) in [5.41, 5.74) is 0. The average Bonchev–Trinajstić information content (AvgIpc) is 2.32. The van der Waals surface area contributed by atoms with Gasteiger partial charge in [-0.25, -0.2) is 4.79 Å². The van der Waals surface area contributed by atoms with Gasteiger partial charge in [-0.15, -0.1) is 0 Å². The number of carbonyl (C=O) groups is 1. The van der Waals surface area contributed by atoms with Crippen LogP contribution in [0.3, 0.4) is 0 Å². The van der Waals surface area contributed by atoms with Crippen LogP contribution >= 0.6 is 0 Å². The van der Waals surface area contributed by atoms with Crippen LogP contribution in [0.4, 0.5) is 4.79 Å². The minimum atomic E-state index is -1.68. The van der Waals surface area contributed by atoms with E-state index < -0.39 is 8.24 Å². The molecule has 4 heteroatoms. The van der Waals surface area contributed by atoms with Gasteiger partial charge in [0.05, 0.1) is 0 Å². The van der Waals surface area contributed by atoms with Crippen molar-refractivity contribution in [2.45, 2.75) is 38.9 Å². The summed E-state index contributed by atoms with van der Waals surface area (Å²) < 4.78 is 6.92. The molecule has 1 saturated heterocycles. The molecule has 0 bridgehead atoms. The Balaban J connectivity index is 2.86. The molecule has 0 spiro atoms. The van der Waals surface area contributed by atoms with Crippen molar-refractivity contribution in [3.8, 4) is 0 Å². The third-order valence-electron chi connectivity index (χ3n) is 3.27. The molecule has 13 heavy (non-hydrogen) atoms. The molecule has 1 amide bonds. The van der Waals surface area contributed by atoms with E-state index in [0.717, 1.165) is 6.54 Å². The second-order valence-corrected chi connectivity index (χ2v) is 10.2. The van der Waals surface area contributed by atoms with Gasteiger partial charge < -0.3 is 9.30 Å². The molecule has 1 heterocycles. The quantitative estimate of drug-likeness (QED) is 0.610. The van der Waals surface area contributed by atoms with E-state index in [9.17, 15) is 4.79 Å². The van der Waals surface area contributed by atoms with Crippen LogP contribution in [0, 0.1) is 0 Å². The summed E-state index contributed by atoms with van der Waals surface area (Å²) in [6.07, 6.45) is -0.119. The van der Waals surface area contributed by atoms with E-state index in [4.69, 9.17) is 4.74 Å². The summed E-state index contributed by atoms with van der Waals surface area (Å²) in [5, 5.41) is 0.205. The Hall–Kier alpha value is -0.513. The van der Waals surface area contributed by atoms with Gasteiger partial charge in [0.15, 0.2) is 8.24 Å². The third-order valence-corrected chi connectivity index (χ3v) is 8.70. The number of rotatable bonds is 1. The highest BCUT2D eigenvalue weighted by molar-refractivity contribution is 6.79. The van der Waals surface area contributed by atoms with E-state index in [1.54, 1.807) is 0 Å². The van der Waals surface area contributed by atoms with E-state index >= 15 is 0 Å². The zero-order valence-electron chi connectivity index (χ0n) is 9.18. The highest BCUT2D eigenvalue weighted by atomic mass is 28.3. The van der Waals surface area contributed by atoms with E-state index in [-0.39, 0.29) is 11.1 Å². The molecule has 0 radical (unpaired) electrons. The topological polar surface area (TPSA) is 29.5 Å². The fourth-order valence-electron chi connectivity index (χ4n) is 1.31. The highest BCUT2D eigenvalue weighted by Crippen LogP contribution is 2.39. The normalized spacial score (nSPS) is 19.2. The van der Waals surface area contributed by atoms with E-state index in [0.29, 0.717) is 6.61 Å². The first-order valence-electron chi connectivity index (χ1n) is 4.71. The van der Waals surface area contributed by atoms with Crippen molar-refractivity contribution < 1.29 is 9.53 Å². The number of carbonyl (C=O) groups excluding carboxylic acids is 1. The number of cyclic esters (lactones) is 1. The van der Waals surface area contributed by atoms with Crippen molar-refractivity contribution >= 4 is 14.3 Å². The summed E-state index contributed by atoms with van der Waals surface area (Å²) in [6.45, 7) is 12.4. The fourth-order valence-corrected chi connectivity index (χ4v) is 3.29. The second-order valence-electron chi connectivity index (χ2n) is 5.08. The Kier molecular flexibility index (Phi) is 2.45. The molecule has 1 fully saturated rings. The van der Waals surface area contributed by atoms with Crippen LogP contribution in [0.5, 0.6) is 0 Å². The summed E-state index contributed by atoms with van der Waals surface area (Å²) in [5.74, 6) is 0. The summed E-state index contributed by atoms with van der Waals surface area (Å²) in [7, 11) is -1.68. The minimum absolute atomic E-state index is 0.119. The Morgan fingerprint density at radius 2 is 1.92 bits per heavy atom. The van der Waals surface area contributed by atoms with Gasteiger partial charge in [0.1, 0.15) is 6.61 Å². The molecule has 0 aromatic rings. The van der Waals surface area contributed by atoms with Crippen LogP contribution in [0.1, 0.15) is 20.8 Å². The standard InChI is InChI=1S/C9H19NO2Si/c1-9(2,3)13(4,5)10-6-7-12-8(10)11/h6-7H2,1-5H3. The van der Waals surface area contributed by atoms with Crippen molar-refractivity contribution in [3.63, 3.8) is 0 Å². The Bertz CT molecular complexity index is 220. The number of nitrogens with zero attached hydrogens (tertiary/aromatic N) is 1. The number of amides is 1. The molecule has 0 atom stereocenters. The summed E-state index contributed by atoms with van der Waals surface area (Å²) in [4.78, 5) is 11.4. The fraction of sp³-hybridized carbons (Fsp3) is 0.889. The Morgan fingerprint density at radius 1 is 1.38 bits per heavy atom. The molecule has 76 valence electrons. The molecule has 0 unspecified atom stereocenters. The molecule has 0 aliphatic carbocycles. The van der Waals surface area contributed by atoms with Crippen LogP contribution in [0.15, 0.2) is 0 Å². The van der Waals surface area contributed by atoms with Gasteiger partial charge in [0.2, 0.25) is 0 Å². The van der Waals surface area contributed by atoms with Gasteiger partial charge in [-0.2, -0.15) is 0 Å². The lowest BCUT2D eigenvalue weighted by Crippen LogP contribution is -2.55. The molecule has 1 aliphatic rings. The van der Waals surface area contributed by atoms with Crippen molar-refractivity contribution in [3.05, 3.63) is 0 Å². The Labute approximate surface area is 81.1 Å². The first kappa shape index (κ1) is 10.6. The number of ether oxygens (including phenoxy) is 1. The monoisotopic (exact) mass is 201 g/mol. The number of hydrogen-bond donors (Lipinski definition) is 0. The SMILES string of the molecule is CC(C)(C)[Si](C)(C)N1CCOC1=O. The van der Waals surface area contributed by atoms with E-state index in [1.165, 1.54) is 0 Å². The first-order valence-corrected chi connectivity index (χ1v) is 7.66. The van der Waals surface area contributed by atoms with Crippen LogP contribution in [0.25, 0.3) is 0 Å². The van der Waals surface area contributed by atoms with Crippen molar-refractivity contribution in [2.24, 2.45) is 0 Å². The smallest absolute Gasteiger partial charge is 0.401 e. The van der Waals surface area contributed by atoms with E-state index in [2.05, 4.69) is 33.9 Å². The predicted octanol–water partition coefficient (Wildman–Crippen LogP) is 2.44. The van der Waals surface area contributed by atoms with Crippen molar-refractivity contribution in [2.75, 3.05) is 13.2 Å². The molecule has 0 aromatic carbocycles. The van der Waals surface area contributed by atoms with Gasteiger partial charge in [-0.3, -0.25) is 0 Å². The minimum Gasteiger partial charge on any atom is -0.448 e. The van der Waals surface area contributed by atoms with Crippen molar-refractivity contribution in [1.82, 2.24) is 4.57 Å². The molecule has 1 aliphatic heterocycles. The average molecular weight is 201 g/mol. The van der Waals surface area contributed by atoms with Gasteiger partial charge in [0, 0.05) is 6.54 Å². The maximum Gasteiger partial charge on any atom is 0.401 e. The lowest BCUT2D eigenvalue weighted by atomic mass is 10.2. The Morgan fingerprint density at radius 3 is 2.23 bits per heavy atom. The maximum atomic E-state index is 11.4. The molecule has 3 nitrogen and oxygen atoms in total. The van der Waals surface area contributed by atoms with Crippen molar-refractivity contribution in [1.29, 1.82) is 0 Å². The maximum absolute atomic E-state index is 11.4. The van der Waals surface area contributed by atoms with Crippen LogP contribution in [-0.2, 0) is 4.74 Å². The lowest BCUT2D eigenvalue weighted by Gasteiger charge is -2.42. The van der Waals surface area contributed by atoms with E-state index in [1.807, 2.05) is 4.57 Å². The molecular formula is C9H19NO2Si. The van der Waals surface area contributed by atoms with Crippen LogP contribution in [-0.4, -0.2) is 32.0 Å². The highest BCUT2D eigenvalue weighted by Gasteiger charge is 2.46. The zero-order valence-corrected chi connectivity index (χ0v) is 10.2. The third kappa shape index (κ3) is 1.72. The summed E-state index contributed by atoms with van der Waals surface area (Å²) in [6, 6.07) is 0. The van der Waals surface area contributed by atoms with Gasteiger partial charge in [-0.05, 0) is 5.04 Å². The molecule has 0 aromatic heterocycles. The largest absolute Gasteiger partial charge is 0.448 e. The first-order chi connectivity index (χ1) is 5.77. The van der Waals surface area contributed by atoms with Gasteiger partial charge in [-0.1, -0.05) is 33.9 Å².